The molecule has 0 saturated carbocycles. The topological polar surface area (TPSA) is 71.0 Å². The van der Waals surface area contributed by atoms with Crippen molar-refractivity contribution in [3.63, 3.8) is 0 Å². The summed E-state index contributed by atoms with van der Waals surface area (Å²) in [4.78, 5) is 13.9. The number of hydrogen-bond donors (Lipinski definition) is 2. The highest BCUT2D eigenvalue weighted by molar-refractivity contribution is 5.73. The molecule has 1 fully saturated rings. The Balaban J connectivity index is 1.28. The quantitative estimate of drug-likeness (QED) is 0.148. The number of rotatable bonds is 12. The highest BCUT2D eigenvalue weighted by atomic mass is 16.7. The van der Waals surface area contributed by atoms with Gasteiger partial charge in [-0.3, -0.25) is 9.69 Å². The molecule has 3 atom stereocenters. The Morgan fingerprint density at radius 2 is 1.32 bits per heavy atom. The molecule has 3 unspecified atom stereocenters. The molecule has 1 aliphatic heterocycles. The van der Waals surface area contributed by atoms with E-state index >= 15 is 0 Å². The molecular formula is C41H42N2O4. The molecule has 47 heavy (non-hydrogen) atoms. The van der Waals surface area contributed by atoms with Crippen LogP contribution in [0, 0.1) is 0 Å². The molecule has 0 aliphatic carbocycles. The van der Waals surface area contributed by atoms with Gasteiger partial charge in [-0.05, 0) is 51.1 Å². The molecule has 1 aliphatic rings. The average Bonchev–Trinajstić information content (AvgIpc) is 3.11. The first-order valence-electron chi connectivity index (χ1n) is 16.3. The summed E-state index contributed by atoms with van der Waals surface area (Å²) in [5.41, 5.74) is 8.58. The molecule has 2 N–H and O–H groups in total. The molecule has 5 aromatic rings. The van der Waals surface area contributed by atoms with E-state index in [2.05, 4.69) is 113 Å². The Morgan fingerprint density at radius 3 is 1.96 bits per heavy atom. The fourth-order valence-electron chi connectivity index (χ4n) is 6.14. The van der Waals surface area contributed by atoms with Crippen molar-refractivity contribution in [1.82, 2.24) is 10.2 Å². The van der Waals surface area contributed by atoms with Crippen LogP contribution in [0.25, 0.3) is 11.1 Å². The van der Waals surface area contributed by atoms with Gasteiger partial charge in [-0.2, -0.15) is 0 Å². The van der Waals surface area contributed by atoms with Gasteiger partial charge in [-0.15, -0.1) is 0 Å². The zero-order valence-electron chi connectivity index (χ0n) is 26.8. The van der Waals surface area contributed by atoms with Crippen molar-refractivity contribution in [2.24, 2.45) is 0 Å². The second kappa shape index (κ2) is 15.8. The van der Waals surface area contributed by atoms with Crippen molar-refractivity contribution in [1.29, 1.82) is 0 Å². The van der Waals surface area contributed by atoms with Crippen LogP contribution in [0.15, 0.2) is 133 Å². The van der Waals surface area contributed by atoms with Crippen molar-refractivity contribution in [3.05, 3.63) is 167 Å². The van der Waals surface area contributed by atoms with E-state index in [0.29, 0.717) is 13.0 Å². The van der Waals surface area contributed by atoms with E-state index in [9.17, 15) is 9.90 Å². The van der Waals surface area contributed by atoms with E-state index in [-0.39, 0.29) is 24.7 Å². The van der Waals surface area contributed by atoms with Gasteiger partial charge in [0, 0.05) is 45.1 Å². The summed E-state index contributed by atoms with van der Waals surface area (Å²) < 4.78 is 13.5. The molecule has 6 nitrogen and oxygen atoms in total. The van der Waals surface area contributed by atoms with Crippen LogP contribution in [0.3, 0.4) is 0 Å². The number of benzene rings is 5. The standard InChI is InChI=1S/C41H42N2O4/c1-30(45)42-25-34-14-8-15-36(22-34)37-16-9-17-38(23-37)41-46-39(24-40(47-41)35-20-18-33(29-44)19-21-35)28-43(26-31-10-4-2-5-11-31)27-32-12-6-3-7-13-32/h2-23,39-41,44H,24-29H2,1H3,(H,42,45). The molecule has 240 valence electrons. The van der Waals surface area contributed by atoms with Gasteiger partial charge in [0.1, 0.15) is 0 Å². The van der Waals surface area contributed by atoms with Gasteiger partial charge in [0.2, 0.25) is 5.91 Å². The van der Waals surface area contributed by atoms with Gasteiger partial charge >= 0.3 is 0 Å². The minimum Gasteiger partial charge on any atom is -0.392 e. The summed E-state index contributed by atoms with van der Waals surface area (Å²) in [5, 5.41) is 12.5. The van der Waals surface area contributed by atoms with Crippen LogP contribution in [-0.2, 0) is 40.5 Å². The van der Waals surface area contributed by atoms with Gasteiger partial charge < -0.3 is 19.9 Å². The molecule has 1 amide bonds. The van der Waals surface area contributed by atoms with E-state index in [1.54, 1.807) is 0 Å². The Bertz CT molecular complexity index is 1680. The highest BCUT2D eigenvalue weighted by Crippen LogP contribution is 2.39. The van der Waals surface area contributed by atoms with Crippen LogP contribution in [0.1, 0.15) is 59.1 Å². The molecule has 5 aromatic carbocycles. The van der Waals surface area contributed by atoms with E-state index in [1.165, 1.54) is 18.1 Å². The Kier molecular flexibility index (Phi) is 10.9. The Labute approximate surface area is 277 Å². The van der Waals surface area contributed by atoms with Crippen molar-refractivity contribution in [3.8, 4) is 11.1 Å². The van der Waals surface area contributed by atoms with E-state index in [0.717, 1.165) is 53.0 Å². The lowest BCUT2D eigenvalue weighted by atomic mass is 9.98. The molecule has 0 aromatic heterocycles. The smallest absolute Gasteiger partial charge is 0.217 e. The largest absolute Gasteiger partial charge is 0.392 e. The number of ether oxygens (including phenoxy) is 2. The number of carbonyl (C=O) groups is 1. The number of nitrogens with one attached hydrogen (secondary N) is 1. The zero-order chi connectivity index (χ0) is 32.4. The number of carbonyl (C=O) groups excluding carboxylic acids is 1. The minimum absolute atomic E-state index is 0.00685. The Hall–Kier alpha value is -4.59. The lowest BCUT2D eigenvalue weighted by Crippen LogP contribution is -2.39. The third-order valence-corrected chi connectivity index (χ3v) is 8.54. The van der Waals surface area contributed by atoms with Crippen molar-refractivity contribution in [2.75, 3.05) is 6.54 Å². The zero-order valence-corrected chi connectivity index (χ0v) is 26.8. The first kappa shape index (κ1) is 32.4. The van der Waals surface area contributed by atoms with Crippen LogP contribution in [-0.4, -0.2) is 28.6 Å². The average molecular weight is 627 g/mol. The molecular weight excluding hydrogens is 584 g/mol. The summed E-state index contributed by atoms with van der Waals surface area (Å²) in [6, 6.07) is 45.8. The summed E-state index contributed by atoms with van der Waals surface area (Å²) in [7, 11) is 0. The van der Waals surface area contributed by atoms with Gasteiger partial charge in [-0.1, -0.05) is 121 Å². The first-order valence-corrected chi connectivity index (χ1v) is 16.3. The maximum atomic E-state index is 11.5. The van der Waals surface area contributed by atoms with Crippen LogP contribution >= 0.6 is 0 Å². The van der Waals surface area contributed by atoms with Crippen molar-refractivity contribution < 1.29 is 19.4 Å². The predicted molar refractivity (Wildman–Crippen MR) is 185 cm³/mol. The first-order chi connectivity index (χ1) is 23.0. The van der Waals surface area contributed by atoms with Gasteiger partial charge in [0.25, 0.3) is 0 Å². The van der Waals surface area contributed by atoms with Crippen LogP contribution in [0.5, 0.6) is 0 Å². The fourth-order valence-corrected chi connectivity index (χ4v) is 6.14. The summed E-state index contributed by atoms with van der Waals surface area (Å²) in [6.45, 7) is 4.37. The highest BCUT2D eigenvalue weighted by Gasteiger charge is 2.33. The van der Waals surface area contributed by atoms with Crippen LogP contribution in [0.4, 0.5) is 0 Å². The van der Waals surface area contributed by atoms with Gasteiger partial charge in [0.05, 0.1) is 18.8 Å². The molecule has 0 spiro atoms. The molecule has 1 heterocycles. The summed E-state index contributed by atoms with van der Waals surface area (Å²) in [6.07, 6.45) is -0.117. The number of hydrogen-bond acceptors (Lipinski definition) is 5. The second-order valence-electron chi connectivity index (χ2n) is 12.2. The molecule has 6 rings (SSSR count). The lowest BCUT2D eigenvalue weighted by Gasteiger charge is -2.38. The maximum Gasteiger partial charge on any atom is 0.217 e. The Morgan fingerprint density at radius 1 is 0.702 bits per heavy atom. The van der Waals surface area contributed by atoms with Crippen LogP contribution in [0.2, 0.25) is 0 Å². The lowest BCUT2D eigenvalue weighted by molar-refractivity contribution is -0.253. The SMILES string of the molecule is CC(=O)NCc1cccc(-c2cccc(C3OC(CN(Cc4ccccc4)Cc4ccccc4)CC(c4ccc(CO)cc4)O3)c2)c1. The monoisotopic (exact) mass is 626 g/mol. The normalized spacial score (nSPS) is 17.8. The summed E-state index contributed by atoms with van der Waals surface area (Å²) >= 11 is 0. The fraction of sp³-hybridized carbons (Fsp3) is 0.244. The molecule has 0 radical (unpaired) electrons. The third kappa shape index (κ3) is 9.03. The van der Waals surface area contributed by atoms with Gasteiger partial charge in [-0.25, -0.2) is 0 Å². The number of aliphatic hydroxyl groups is 1. The third-order valence-electron chi connectivity index (χ3n) is 8.54. The predicted octanol–water partition coefficient (Wildman–Crippen LogP) is 7.73. The minimum atomic E-state index is -0.561. The van der Waals surface area contributed by atoms with E-state index in [1.807, 2.05) is 30.3 Å². The number of aliphatic hydroxyl groups excluding tert-OH is 1. The molecule has 0 bridgehead atoms. The van der Waals surface area contributed by atoms with Gasteiger partial charge in [0.15, 0.2) is 6.29 Å². The molecule has 1 saturated heterocycles. The van der Waals surface area contributed by atoms with Crippen molar-refractivity contribution in [2.45, 2.75) is 58.1 Å². The van der Waals surface area contributed by atoms with Crippen molar-refractivity contribution >= 4 is 5.91 Å². The number of nitrogens with zero attached hydrogens (tertiary/aromatic N) is 1. The number of amides is 1. The van der Waals surface area contributed by atoms with Crippen LogP contribution < -0.4 is 5.32 Å². The maximum absolute atomic E-state index is 11.5. The summed E-state index contributed by atoms with van der Waals surface area (Å²) in [5.74, 6) is -0.0507. The second-order valence-corrected chi connectivity index (χ2v) is 12.2. The van der Waals surface area contributed by atoms with E-state index < -0.39 is 6.29 Å². The van der Waals surface area contributed by atoms with E-state index in [4.69, 9.17) is 9.47 Å². The molecule has 6 heteroatoms.